The lowest BCUT2D eigenvalue weighted by molar-refractivity contribution is 0.474. The number of hydrogen-bond donors (Lipinski definition) is 2. The van der Waals surface area contributed by atoms with E-state index in [1.54, 1.807) is 12.1 Å². The monoisotopic (exact) mass is 191 g/mol. The molecule has 2 nitrogen and oxygen atoms in total. The van der Waals surface area contributed by atoms with E-state index < -0.39 is 0 Å². The summed E-state index contributed by atoms with van der Waals surface area (Å²) < 4.78 is 0. The Morgan fingerprint density at radius 3 is 2.64 bits per heavy atom. The van der Waals surface area contributed by atoms with E-state index in [4.69, 9.17) is 5.11 Å². The van der Waals surface area contributed by atoms with E-state index in [1.807, 2.05) is 18.2 Å². The summed E-state index contributed by atoms with van der Waals surface area (Å²) in [6.45, 7) is 6.65. The lowest BCUT2D eigenvalue weighted by Crippen LogP contribution is -2.24. The van der Waals surface area contributed by atoms with Crippen LogP contribution in [-0.2, 0) is 6.54 Å². The number of nitrogens with one attached hydrogen (secondary N) is 1. The van der Waals surface area contributed by atoms with Crippen LogP contribution < -0.4 is 5.32 Å². The van der Waals surface area contributed by atoms with Crippen LogP contribution in [0.25, 0.3) is 0 Å². The zero-order valence-electron chi connectivity index (χ0n) is 8.53. The third kappa shape index (κ3) is 3.62. The first-order valence-corrected chi connectivity index (χ1v) is 4.84. The second-order valence-electron chi connectivity index (χ2n) is 3.47. The Morgan fingerprint density at radius 1 is 1.43 bits per heavy atom. The maximum Gasteiger partial charge on any atom is 0.115 e. The molecular formula is C12H17NO. The maximum absolute atomic E-state index is 9.08. The predicted molar refractivity (Wildman–Crippen MR) is 59.2 cm³/mol. The number of rotatable bonds is 5. The predicted octanol–water partition coefficient (Wildman–Crippen LogP) is 2.45. The van der Waals surface area contributed by atoms with E-state index in [0.717, 1.165) is 13.0 Å². The molecule has 2 N–H and O–H groups in total. The van der Waals surface area contributed by atoms with E-state index in [1.165, 1.54) is 5.56 Å². The molecule has 0 aliphatic carbocycles. The second-order valence-corrected chi connectivity index (χ2v) is 3.47. The molecule has 1 atom stereocenters. The Kier molecular flexibility index (Phi) is 4.20. The molecule has 0 aliphatic rings. The third-order valence-corrected chi connectivity index (χ3v) is 2.11. The summed E-state index contributed by atoms with van der Waals surface area (Å²) in [5, 5.41) is 12.5. The molecule has 2 heteroatoms. The molecule has 14 heavy (non-hydrogen) atoms. The standard InChI is InChI=1S/C12H17NO/c1-3-4-10(2)13-9-11-5-7-12(14)8-6-11/h3,5-8,10,13-14H,1,4,9H2,2H3. The minimum absolute atomic E-state index is 0.313. The normalized spacial score (nSPS) is 12.4. The molecule has 0 spiro atoms. The van der Waals surface area contributed by atoms with E-state index in [-0.39, 0.29) is 0 Å². The van der Waals surface area contributed by atoms with Crippen molar-refractivity contribution >= 4 is 0 Å². The fraction of sp³-hybridized carbons (Fsp3) is 0.333. The number of benzene rings is 1. The fourth-order valence-corrected chi connectivity index (χ4v) is 1.24. The lowest BCUT2D eigenvalue weighted by Gasteiger charge is -2.11. The van der Waals surface area contributed by atoms with Crippen molar-refractivity contribution < 1.29 is 5.11 Å². The van der Waals surface area contributed by atoms with E-state index in [0.29, 0.717) is 11.8 Å². The highest BCUT2D eigenvalue weighted by Crippen LogP contribution is 2.09. The molecule has 0 amide bonds. The van der Waals surface area contributed by atoms with Crippen molar-refractivity contribution in [3.8, 4) is 5.75 Å². The summed E-state index contributed by atoms with van der Waals surface area (Å²) in [4.78, 5) is 0. The van der Waals surface area contributed by atoms with Crippen LogP contribution in [0.15, 0.2) is 36.9 Å². The van der Waals surface area contributed by atoms with Gasteiger partial charge in [-0.1, -0.05) is 18.2 Å². The largest absolute Gasteiger partial charge is 0.508 e. The molecule has 0 radical (unpaired) electrons. The van der Waals surface area contributed by atoms with Gasteiger partial charge in [0, 0.05) is 12.6 Å². The van der Waals surface area contributed by atoms with Crippen molar-refractivity contribution in [2.45, 2.75) is 25.9 Å². The zero-order valence-corrected chi connectivity index (χ0v) is 8.53. The van der Waals surface area contributed by atoms with Gasteiger partial charge in [0.15, 0.2) is 0 Å². The summed E-state index contributed by atoms with van der Waals surface area (Å²) in [5.41, 5.74) is 1.18. The van der Waals surface area contributed by atoms with Crippen LogP contribution in [-0.4, -0.2) is 11.1 Å². The van der Waals surface area contributed by atoms with Crippen LogP contribution in [0.5, 0.6) is 5.75 Å². The Balaban J connectivity index is 2.37. The van der Waals surface area contributed by atoms with E-state index >= 15 is 0 Å². The first kappa shape index (κ1) is 10.8. The Labute approximate surface area is 85.3 Å². The first-order valence-electron chi connectivity index (χ1n) is 4.84. The molecule has 1 aromatic carbocycles. The molecular weight excluding hydrogens is 174 g/mol. The highest BCUT2D eigenvalue weighted by atomic mass is 16.3. The average molecular weight is 191 g/mol. The molecule has 76 valence electrons. The first-order chi connectivity index (χ1) is 6.72. The number of phenols is 1. The second kappa shape index (κ2) is 5.45. The maximum atomic E-state index is 9.08. The molecule has 0 aromatic heterocycles. The van der Waals surface area contributed by atoms with Gasteiger partial charge in [-0.25, -0.2) is 0 Å². The summed E-state index contributed by atoms with van der Waals surface area (Å²) in [5.74, 6) is 0.313. The highest BCUT2D eigenvalue weighted by Gasteiger charge is 1.98. The van der Waals surface area contributed by atoms with Gasteiger partial charge >= 0.3 is 0 Å². The Morgan fingerprint density at radius 2 is 2.07 bits per heavy atom. The van der Waals surface area contributed by atoms with Gasteiger partial charge in [0.05, 0.1) is 0 Å². The SMILES string of the molecule is C=CCC(C)NCc1ccc(O)cc1. The van der Waals surface area contributed by atoms with Gasteiger partial charge in [0.1, 0.15) is 5.75 Å². The van der Waals surface area contributed by atoms with Gasteiger partial charge in [0.2, 0.25) is 0 Å². The van der Waals surface area contributed by atoms with Crippen LogP contribution in [0, 0.1) is 0 Å². The molecule has 0 fully saturated rings. The van der Waals surface area contributed by atoms with Crippen LogP contribution in [0.3, 0.4) is 0 Å². The van der Waals surface area contributed by atoms with Crippen LogP contribution in [0.4, 0.5) is 0 Å². The smallest absolute Gasteiger partial charge is 0.115 e. The number of phenolic OH excluding ortho intramolecular Hbond substituents is 1. The molecule has 0 saturated carbocycles. The van der Waals surface area contributed by atoms with Crippen LogP contribution in [0.2, 0.25) is 0 Å². The Bertz CT molecular complexity index is 279. The lowest BCUT2D eigenvalue weighted by atomic mass is 10.2. The van der Waals surface area contributed by atoms with Crippen molar-refractivity contribution in [1.29, 1.82) is 0 Å². The molecule has 0 saturated heterocycles. The highest BCUT2D eigenvalue weighted by molar-refractivity contribution is 5.25. The number of hydrogen-bond acceptors (Lipinski definition) is 2. The molecule has 1 unspecified atom stereocenters. The molecule has 0 bridgehead atoms. The van der Waals surface area contributed by atoms with Crippen molar-refractivity contribution in [2.24, 2.45) is 0 Å². The summed E-state index contributed by atoms with van der Waals surface area (Å²) in [6.07, 6.45) is 2.88. The van der Waals surface area contributed by atoms with Crippen molar-refractivity contribution in [3.05, 3.63) is 42.5 Å². The van der Waals surface area contributed by atoms with Crippen molar-refractivity contribution in [1.82, 2.24) is 5.32 Å². The van der Waals surface area contributed by atoms with Crippen LogP contribution >= 0.6 is 0 Å². The summed E-state index contributed by atoms with van der Waals surface area (Å²) in [6, 6.07) is 7.69. The average Bonchev–Trinajstić information content (AvgIpc) is 2.17. The van der Waals surface area contributed by atoms with Gasteiger partial charge in [-0.2, -0.15) is 0 Å². The van der Waals surface area contributed by atoms with Crippen LogP contribution in [0.1, 0.15) is 18.9 Å². The van der Waals surface area contributed by atoms with Gasteiger partial charge in [-0.05, 0) is 31.0 Å². The topological polar surface area (TPSA) is 32.3 Å². The van der Waals surface area contributed by atoms with Crippen molar-refractivity contribution in [3.63, 3.8) is 0 Å². The van der Waals surface area contributed by atoms with Gasteiger partial charge in [0.25, 0.3) is 0 Å². The quantitative estimate of drug-likeness (QED) is 0.701. The molecule has 1 aromatic rings. The van der Waals surface area contributed by atoms with Gasteiger partial charge in [-0.3, -0.25) is 0 Å². The molecule has 0 aliphatic heterocycles. The molecule has 1 rings (SSSR count). The van der Waals surface area contributed by atoms with E-state index in [2.05, 4.69) is 18.8 Å². The third-order valence-electron chi connectivity index (χ3n) is 2.11. The molecule has 0 heterocycles. The Hall–Kier alpha value is -1.28. The van der Waals surface area contributed by atoms with Gasteiger partial charge < -0.3 is 10.4 Å². The minimum atomic E-state index is 0.313. The number of aromatic hydroxyl groups is 1. The zero-order chi connectivity index (χ0) is 10.4. The summed E-state index contributed by atoms with van der Waals surface area (Å²) >= 11 is 0. The fourth-order valence-electron chi connectivity index (χ4n) is 1.24. The van der Waals surface area contributed by atoms with E-state index in [9.17, 15) is 0 Å². The van der Waals surface area contributed by atoms with Gasteiger partial charge in [-0.15, -0.1) is 6.58 Å². The van der Waals surface area contributed by atoms with Crippen molar-refractivity contribution in [2.75, 3.05) is 0 Å². The summed E-state index contributed by atoms with van der Waals surface area (Å²) in [7, 11) is 0. The minimum Gasteiger partial charge on any atom is -0.508 e.